The molecule has 0 fully saturated rings. The lowest BCUT2D eigenvalue weighted by Crippen LogP contribution is -2.20. The zero-order valence-corrected chi connectivity index (χ0v) is 11.5. The van der Waals surface area contributed by atoms with Gasteiger partial charge in [0.05, 0.1) is 7.11 Å². The van der Waals surface area contributed by atoms with E-state index in [1.807, 2.05) is 0 Å². The van der Waals surface area contributed by atoms with Crippen LogP contribution in [-0.2, 0) is 6.54 Å². The summed E-state index contributed by atoms with van der Waals surface area (Å²) in [5.41, 5.74) is 3.74. The Morgan fingerprint density at radius 3 is 2.56 bits per heavy atom. The number of ether oxygens (including phenoxy) is 1. The topological polar surface area (TPSA) is 12.5 Å². The first-order valence-electron chi connectivity index (χ1n) is 5.52. The lowest BCUT2D eigenvalue weighted by molar-refractivity contribution is 0.335. The molecule has 2 nitrogen and oxygen atoms in total. The molecule has 0 bridgehead atoms. The molecule has 0 aliphatic rings. The summed E-state index contributed by atoms with van der Waals surface area (Å²) in [5, 5.41) is 0. The van der Waals surface area contributed by atoms with Crippen molar-refractivity contribution in [3.63, 3.8) is 0 Å². The van der Waals surface area contributed by atoms with Crippen molar-refractivity contribution >= 4 is 12.6 Å². The minimum absolute atomic E-state index is 0.879. The number of aryl methyl sites for hydroxylation is 2. The summed E-state index contributed by atoms with van der Waals surface area (Å²) in [5.74, 6) is 1.89. The van der Waals surface area contributed by atoms with Gasteiger partial charge in [-0.15, -0.1) is 0 Å². The molecule has 0 amide bonds. The Morgan fingerprint density at radius 2 is 2.00 bits per heavy atom. The maximum absolute atomic E-state index is 5.46. The van der Waals surface area contributed by atoms with Crippen LogP contribution in [0.25, 0.3) is 0 Å². The Kier molecular flexibility index (Phi) is 5.16. The van der Waals surface area contributed by atoms with Crippen LogP contribution in [0, 0.1) is 13.8 Å². The molecule has 0 saturated carbocycles. The van der Waals surface area contributed by atoms with Crippen LogP contribution >= 0.6 is 12.6 Å². The first-order chi connectivity index (χ1) is 7.58. The second kappa shape index (κ2) is 6.16. The summed E-state index contributed by atoms with van der Waals surface area (Å²) in [6.45, 7) is 6.11. The smallest absolute Gasteiger partial charge is 0.126 e. The highest BCUT2D eigenvalue weighted by atomic mass is 32.1. The predicted molar refractivity (Wildman–Crippen MR) is 72.7 cm³/mol. The van der Waals surface area contributed by atoms with Crippen LogP contribution in [0.1, 0.15) is 16.7 Å². The van der Waals surface area contributed by atoms with Gasteiger partial charge in [-0.25, -0.2) is 0 Å². The molecule has 0 radical (unpaired) electrons. The van der Waals surface area contributed by atoms with Crippen molar-refractivity contribution in [1.29, 1.82) is 0 Å². The third-order valence-electron chi connectivity index (χ3n) is 2.62. The van der Waals surface area contributed by atoms with Crippen molar-refractivity contribution in [2.45, 2.75) is 20.4 Å². The van der Waals surface area contributed by atoms with E-state index in [1.54, 1.807) is 7.11 Å². The Balaban J connectivity index is 2.93. The number of benzene rings is 1. The van der Waals surface area contributed by atoms with Crippen LogP contribution in [0.5, 0.6) is 5.75 Å². The van der Waals surface area contributed by atoms with Gasteiger partial charge in [0.2, 0.25) is 0 Å². The van der Waals surface area contributed by atoms with Crippen molar-refractivity contribution in [1.82, 2.24) is 4.90 Å². The molecule has 1 aromatic rings. The molecule has 0 spiro atoms. The highest BCUT2D eigenvalue weighted by Gasteiger charge is 2.09. The normalized spacial score (nSPS) is 10.9. The number of thiol groups is 1. The summed E-state index contributed by atoms with van der Waals surface area (Å²) in [4.78, 5) is 2.25. The molecule has 1 aromatic carbocycles. The zero-order valence-electron chi connectivity index (χ0n) is 10.6. The first-order valence-corrected chi connectivity index (χ1v) is 6.15. The Morgan fingerprint density at radius 1 is 1.31 bits per heavy atom. The number of hydrogen-bond donors (Lipinski definition) is 1. The summed E-state index contributed by atoms with van der Waals surface area (Å²) < 4.78 is 5.46. The van der Waals surface area contributed by atoms with Gasteiger partial charge in [0.15, 0.2) is 0 Å². The fraction of sp³-hybridized carbons (Fsp3) is 0.538. The highest BCUT2D eigenvalue weighted by molar-refractivity contribution is 7.80. The van der Waals surface area contributed by atoms with E-state index in [0.717, 1.165) is 24.6 Å². The second-order valence-electron chi connectivity index (χ2n) is 4.24. The van der Waals surface area contributed by atoms with E-state index in [1.165, 1.54) is 16.7 Å². The molecular formula is C13H21NOS. The molecule has 1 rings (SSSR count). The predicted octanol–water partition coefficient (Wildman–Crippen LogP) is 2.67. The van der Waals surface area contributed by atoms with Gasteiger partial charge in [0, 0.05) is 24.4 Å². The van der Waals surface area contributed by atoms with Crippen LogP contribution in [0.2, 0.25) is 0 Å². The molecule has 90 valence electrons. The van der Waals surface area contributed by atoms with Gasteiger partial charge in [-0.05, 0) is 26.5 Å². The molecule has 0 unspecified atom stereocenters. The van der Waals surface area contributed by atoms with Crippen LogP contribution in [-0.4, -0.2) is 31.4 Å². The minimum Gasteiger partial charge on any atom is -0.496 e. The fourth-order valence-electron chi connectivity index (χ4n) is 1.99. The Bertz CT molecular complexity index is 352. The second-order valence-corrected chi connectivity index (χ2v) is 4.68. The molecule has 0 atom stereocenters. The van der Waals surface area contributed by atoms with E-state index in [2.05, 4.69) is 50.6 Å². The standard InChI is InChI=1S/C13H21NOS/c1-10-7-11(2)13(15-4)12(8-10)9-14(3)5-6-16/h7-8,16H,5-6,9H2,1-4H3. The summed E-state index contributed by atoms with van der Waals surface area (Å²) in [6.07, 6.45) is 0. The zero-order chi connectivity index (χ0) is 12.1. The Hall–Kier alpha value is -0.670. The van der Waals surface area contributed by atoms with Crippen molar-refractivity contribution in [2.24, 2.45) is 0 Å². The minimum atomic E-state index is 0.879. The third kappa shape index (κ3) is 3.42. The van der Waals surface area contributed by atoms with Gasteiger partial charge in [0.1, 0.15) is 5.75 Å². The monoisotopic (exact) mass is 239 g/mol. The highest BCUT2D eigenvalue weighted by Crippen LogP contribution is 2.25. The van der Waals surface area contributed by atoms with E-state index in [4.69, 9.17) is 4.74 Å². The molecule has 0 N–H and O–H groups in total. The lowest BCUT2D eigenvalue weighted by atomic mass is 10.1. The van der Waals surface area contributed by atoms with E-state index in [0.29, 0.717) is 0 Å². The van der Waals surface area contributed by atoms with Gasteiger partial charge >= 0.3 is 0 Å². The summed E-state index contributed by atoms with van der Waals surface area (Å²) in [6, 6.07) is 4.35. The maximum Gasteiger partial charge on any atom is 0.126 e. The average molecular weight is 239 g/mol. The van der Waals surface area contributed by atoms with Crippen LogP contribution in [0.4, 0.5) is 0 Å². The molecular weight excluding hydrogens is 218 g/mol. The van der Waals surface area contributed by atoms with E-state index in [9.17, 15) is 0 Å². The summed E-state index contributed by atoms with van der Waals surface area (Å²) in [7, 11) is 3.84. The number of hydrogen-bond acceptors (Lipinski definition) is 3. The van der Waals surface area contributed by atoms with Crippen molar-refractivity contribution < 1.29 is 4.74 Å². The SMILES string of the molecule is COc1c(C)cc(C)cc1CN(C)CCS. The first kappa shape index (κ1) is 13.4. The molecule has 3 heteroatoms. The van der Waals surface area contributed by atoms with Crippen LogP contribution in [0.15, 0.2) is 12.1 Å². The molecule has 0 heterocycles. The third-order valence-corrected chi connectivity index (χ3v) is 2.82. The van der Waals surface area contributed by atoms with E-state index < -0.39 is 0 Å². The lowest BCUT2D eigenvalue weighted by Gasteiger charge is -2.19. The number of nitrogens with zero attached hydrogens (tertiary/aromatic N) is 1. The van der Waals surface area contributed by atoms with Crippen molar-refractivity contribution in [2.75, 3.05) is 26.5 Å². The molecule has 0 aliphatic carbocycles. The van der Waals surface area contributed by atoms with Crippen LogP contribution < -0.4 is 4.74 Å². The quantitative estimate of drug-likeness (QED) is 0.793. The molecule has 16 heavy (non-hydrogen) atoms. The van der Waals surface area contributed by atoms with Crippen molar-refractivity contribution in [3.05, 3.63) is 28.8 Å². The van der Waals surface area contributed by atoms with Crippen LogP contribution in [0.3, 0.4) is 0 Å². The van der Waals surface area contributed by atoms with E-state index in [-0.39, 0.29) is 0 Å². The fourth-order valence-corrected chi connectivity index (χ4v) is 2.33. The molecule has 0 aliphatic heterocycles. The summed E-state index contributed by atoms with van der Waals surface area (Å²) >= 11 is 4.24. The Labute approximate surface area is 104 Å². The van der Waals surface area contributed by atoms with Gasteiger partial charge in [-0.1, -0.05) is 17.7 Å². The van der Waals surface area contributed by atoms with Gasteiger partial charge in [0.25, 0.3) is 0 Å². The number of methoxy groups -OCH3 is 1. The van der Waals surface area contributed by atoms with Gasteiger partial charge in [-0.2, -0.15) is 12.6 Å². The van der Waals surface area contributed by atoms with Gasteiger partial charge in [-0.3, -0.25) is 0 Å². The molecule has 0 saturated heterocycles. The maximum atomic E-state index is 5.46. The number of rotatable bonds is 5. The van der Waals surface area contributed by atoms with E-state index >= 15 is 0 Å². The average Bonchev–Trinajstić information content (AvgIpc) is 2.17. The van der Waals surface area contributed by atoms with Gasteiger partial charge < -0.3 is 9.64 Å². The van der Waals surface area contributed by atoms with Crippen molar-refractivity contribution in [3.8, 4) is 5.75 Å². The largest absolute Gasteiger partial charge is 0.496 e. The molecule has 0 aromatic heterocycles.